The number of quaternary nitrogens is 1. The van der Waals surface area contributed by atoms with Gasteiger partial charge < -0.3 is 21.2 Å². The Labute approximate surface area is 145 Å². The number of nitrogen functional groups attached to an aromatic ring is 1. The van der Waals surface area contributed by atoms with Crippen LogP contribution < -0.4 is 11.1 Å². The van der Waals surface area contributed by atoms with Crippen LogP contribution in [0.15, 0.2) is 17.8 Å². The molecule has 2 aromatic rings. The number of allylic oxidation sites excluding steroid dienone is 1. The van der Waals surface area contributed by atoms with Crippen molar-refractivity contribution >= 4 is 23.9 Å². The molecular weight excluding hydrogens is 318 g/mol. The van der Waals surface area contributed by atoms with Gasteiger partial charge in [0.05, 0.1) is 18.9 Å². The van der Waals surface area contributed by atoms with Crippen LogP contribution in [-0.4, -0.2) is 40.0 Å². The first kappa shape index (κ1) is 15.9. The second-order valence-electron chi connectivity index (χ2n) is 6.43. The van der Waals surface area contributed by atoms with Crippen LogP contribution in [0.5, 0.6) is 0 Å². The van der Waals surface area contributed by atoms with E-state index < -0.39 is 0 Å². The molecule has 1 fully saturated rings. The average molecular weight is 340 g/mol. The first-order valence-electron chi connectivity index (χ1n) is 8.43. The summed E-state index contributed by atoms with van der Waals surface area (Å²) in [5.41, 5.74) is 9.60. The molecule has 2 aliphatic carbocycles. The van der Waals surface area contributed by atoms with Crippen LogP contribution in [0.25, 0.3) is 11.7 Å². The Bertz CT molecular complexity index is 898. The highest BCUT2D eigenvalue weighted by Gasteiger charge is 2.44. The third kappa shape index (κ3) is 2.54. The molecule has 2 aliphatic rings. The molecule has 0 bridgehead atoms. The van der Waals surface area contributed by atoms with Crippen molar-refractivity contribution in [2.45, 2.75) is 24.9 Å². The minimum absolute atomic E-state index is 0.103. The highest BCUT2D eigenvalue weighted by Crippen LogP contribution is 2.50. The van der Waals surface area contributed by atoms with Crippen molar-refractivity contribution in [3.63, 3.8) is 0 Å². The van der Waals surface area contributed by atoms with Crippen molar-refractivity contribution in [1.29, 1.82) is 5.41 Å². The average Bonchev–Trinajstić information content (AvgIpc) is 3.28. The first-order valence-corrected chi connectivity index (χ1v) is 8.43. The zero-order chi connectivity index (χ0) is 17.6. The summed E-state index contributed by atoms with van der Waals surface area (Å²) in [5, 5.41) is 14.1. The summed E-state index contributed by atoms with van der Waals surface area (Å²) < 4.78 is 7.13. The van der Waals surface area contributed by atoms with Gasteiger partial charge in [-0.05, 0) is 12.8 Å². The highest BCUT2D eigenvalue weighted by atomic mass is 16.5. The number of rotatable bonds is 5. The van der Waals surface area contributed by atoms with Crippen LogP contribution in [0.4, 0.5) is 5.95 Å². The first-order chi connectivity index (χ1) is 12.2. The lowest BCUT2D eigenvalue weighted by molar-refractivity contribution is -0.557. The Morgan fingerprint density at radius 1 is 1.48 bits per heavy atom. The molecule has 25 heavy (non-hydrogen) atoms. The van der Waals surface area contributed by atoms with Crippen LogP contribution in [-0.2, 0) is 4.74 Å². The Morgan fingerprint density at radius 3 is 3.04 bits per heavy atom. The van der Waals surface area contributed by atoms with Crippen molar-refractivity contribution in [2.24, 2.45) is 5.92 Å². The molecule has 3 unspecified atom stereocenters. The van der Waals surface area contributed by atoms with Gasteiger partial charge in [0.1, 0.15) is 6.10 Å². The largest absolute Gasteiger partial charge is 0.375 e. The molecule has 5 N–H and O–H groups in total. The number of hydrogen-bond donors (Lipinski definition) is 3. The van der Waals surface area contributed by atoms with E-state index in [1.165, 1.54) is 6.21 Å². The van der Waals surface area contributed by atoms with Crippen molar-refractivity contribution in [3.05, 3.63) is 34.9 Å². The zero-order valence-electron chi connectivity index (χ0n) is 14.3. The lowest BCUT2D eigenvalue weighted by Crippen LogP contribution is -2.73. The molecule has 4 rings (SSSR count). The van der Waals surface area contributed by atoms with E-state index in [9.17, 15) is 0 Å². The maximum absolute atomic E-state index is 7.58. The smallest absolute Gasteiger partial charge is 0.223 e. The van der Waals surface area contributed by atoms with Crippen molar-refractivity contribution in [1.82, 2.24) is 19.6 Å². The lowest BCUT2D eigenvalue weighted by atomic mass is 10.0. The number of methoxy groups -OCH3 is 1. The molecule has 8 heteroatoms. The SMILES string of the molecule is C[NH2+]/C=C(\C=N)C1CC1c1nc2c3c(nc(N)n2n1)C(OC)CC=C3. The van der Waals surface area contributed by atoms with Crippen LogP contribution in [0, 0.1) is 11.3 Å². The number of aromatic nitrogens is 4. The van der Waals surface area contributed by atoms with Gasteiger partial charge in [-0.1, -0.05) is 12.2 Å². The second-order valence-corrected chi connectivity index (χ2v) is 6.43. The van der Waals surface area contributed by atoms with E-state index in [-0.39, 0.29) is 12.0 Å². The third-order valence-electron chi connectivity index (χ3n) is 4.89. The number of anilines is 1. The normalized spacial score (nSPS) is 25.2. The van der Waals surface area contributed by atoms with E-state index in [1.54, 1.807) is 11.6 Å². The molecule has 0 aliphatic heterocycles. The number of nitrogens with two attached hydrogens (primary N) is 2. The number of fused-ring (bicyclic) bond motifs is 3. The summed E-state index contributed by atoms with van der Waals surface area (Å²) in [5.74, 6) is 1.63. The molecule has 2 aromatic heterocycles. The topological polar surface area (TPSA) is 119 Å². The predicted octanol–water partition coefficient (Wildman–Crippen LogP) is 0.641. The van der Waals surface area contributed by atoms with Gasteiger partial charge in [-0.3, -0.25) is 0 Å². The zero-order valence-corrected chi connectivity index (χ0v) is 14.3. The van der Waals surface area contributed by atoms with Crippen molar-refractivity contribution < 1.29 is 10.1 Å². The van der Waals surface area contributed by atoms with Gasteiger partial charge >= 0.3 is 0 Å². The minimum atomic E-state index is -0.103. The fraction of sp³-hybridized carbons (Fsp3) is 0.412. The number of hydrogen-bond acceptors (Lipinski definition) is 6. The Kier molecular flexibility index (Phi) is 3.85. The highest BCUT2D eigenvalue weighted by molar-refractivity contribution is 5.77. The van der Waals surface area contributed by atoms with Crippen molar-refractivity contribution in [3.8, 4) is 0 Å². The van der Waals surface area contributed by atoms with Crippen LogP contribution in [0.3, 0.4) is 0 Å². The molecule has 3 atom stereocenters. The van der Waals surface area contributed by atoms with Gasteiger partial charge in [0.25, 0.3) is 0 Å². The quantitative estimate of drug-likeness (QED) is 0.690. The standard InChI is InChI=1S/C17H21N7O/c1-20-8-9(7-18)11-6-12(11)15-22-16-10-4-3-5-13(25-2)14(10)21-17(19)24(16)23-15/h3-4,7-8,11-13,18,20H,5-6H2,1-2H3,(H2,19,21)/p+1/b9-8+,18-7?. The van der Waals surface area contributed by atoms with E-state index in [4.69, 9.17) is 20.9 Å². The molecule has 8 nitrogen and oxygen atoms in total. The monoisotopic (exact) mass is 340 g/mol. The van der Waals surface area contributed by atoms with Gasteiger partial charge in [0, 0.05) is 36.3 Å². The summed E-state index contributed by atoms with van der Waals surface area (Å²) in [6.07, 6.45) is 9.12. The van der Waals surface area contributed by atoms with E-state index in [0.717, 1.165) is 41.1 Å². The summed E-state index contributed by atoms with van der Waals surface area (Å²) in [6.45, 7) is 0. The predicted molar refractivity (Wildman–Crippen MR) is 94.2 cm³/mol. The number of nitrogens with one attached hydrogen (secondary N) is 1. The third-order valence-corrected chi connectivity index (χ3v) is 4.89. The van der Waals surface area contributed by atoms with E-state index in [2.05, 4.69) is 16.2 Å². The minimum Gasteiger partial charge on any atom is -0.375 e. The molecule has 0 saturated heterocycles. The Balaban J connectivity index is 1.75. The van der Waals surface area contributed by atoms with Crippen molar-refractivity contribution in [2.75, 3.05) is 19.9 Å². The maximum Gasteiger partial charge on any atom is 0.223 e. The fourth-order valence-corrected chi connectivity index (χ4v) is 3.52. The maximum atomic E-state index is 7.58. The van der Waals surface area contributed by atoms with Gasteiger partial charge in [0.15, 0.2) is 11.5 Å². The fourth-order valence-electron chi connectivity index (χ4n) is 3.52. The van der Waals surface area contributed by atoms with Crippen LogP contribution >= 0.6 is 0 Å². The molecule has 0 amide bonds. The van der Waals surface area contributed by atoms with E-state index in [0.29, 0.717) is 11.9 Å². The van der Waals surface area contributed by atoms with Gasteiger partial charge in [-0.15, -0.1) is 5.10 Å². The van der Waals surface area contributed by atoms with E-state index in [1.807, 2.05) is 24.6 Å². The van der Waals surface area contributed by atoms with Gasteiger partial charge in [-0.2, -0.15) is 4.52 Å². The Hall–Kier alpha value is -2.58. The molecule has 1 saturated carbocycles. The molecule has 0 radical (unpaired) electrons. The molecule has 0 aromatic carbocycles. The summed E-state index contributed by atoms with van der Waals surface area (Å²) >= 11 is 0. The van der Waals surface area contributed by atoms with Crippen LogP contribution in [0.1, 0.15) is 41.9 Å². The summed E-state index contributed by atoms with van der Waals surface area (Å²) in [6, 6.07) is 0. The van der Waals surface area contributed by atoms with Gasteiger partial charge in [0.2, 0.25) is 5.95 Å². The summed E-state index contributed by atoms with van der Waals surface area (Å²) in [7, 11) is 3.64. The molecule has 130 valence electrons. The molecule has 2 heterocycles. The lowest BCUT2D eigenvalue weighted by Gasteiger charge is -2.19. The van der Waals surface area contributed by atoms with Gasteiger partial charge in [-0.25, -0.2) is 9.97 Å². The van der Waals surface area contributed by atoms with E-state index >= 15 is 0 Å². The van der Waals surface area contributed by atoms with Crippen LogP contribution in [0.2, 0.25) is 0 Å². The second kappa shape index (κ2) is 6.05. The molecular formula is C17H22N7O+. The number of nitrogens with zero attached hydrogens (tertiary/aromatic N) is 4. The Morgan fingerprint density at radius 2 is 2.32 bits per heavy atom. The molecule has 0 spiro atoms. The number of ether oxygens (including phenoxy) is 1. The summed E-state index contributed by atoms with van der Waals surface area (Å²) in [4.78, 5) is 9.25.